The van der Waals surface area contributed by atoms with Gasteiger partial charge in [-0.1, -0.05) is 51.5 Å². The van der Waals surface area contributed by atoms with Gasteiger partial charge in [-0.2, -0.15) is 0 Å². The molecule has 2 rings (SSSR count). The van der Waals surface area contributed by atoms with E-state index >= 15 is 0 Å². The van der Waals surface area contributed by atoms with Crippen LogP contribution < -0.4 is 0 Å². The summed E-state index contributed by atoms with van der Waals surface area (Å²) in [5.74, 6) is 0.743. The fourth-order valence-electron chi connectivity index (χ4n) is 4.03. The first-order valence-electron chi connectivity index (χ1n) is 7.34. The van der Waals surface area contributed by atoms with Gasteiger partial charge in [0.05, 0.1) is 0 Å². The SMILES string of the molecule is CCC1=CC2CC=CC2(CC)C(CC)=C1CC. The molecule has 17 heavy (non-hydrogen) atoms. The molecular formula is C17H26. The van der Waals surface area contributed by atoms with E-state index in [1.165, 1.54) is 32.1 Å². The number of hydrogen-bond donors (Lipinski definition) is 0. The van der Waals surface area contributed by atoms with Crippen LogP contribution in [-0.4, -0.2) is 0 Å². The molecule has 2 unspecified atom stereocenters. The monoisotopic (exact) mass is 230 g/mol. The normalized spacial score (nSPS) is 31.8. The van der Waals surface area contributed by atoms with E-state index in [1.807, 2.05) is 0 Å². The van der Waals surface area contributed by atoms with Crippen LogP contribution in [0.4, 0.5) is 0 Å². The third-order valence-corrected chi connectivity index (χ3v) is 4.86. The van der Waals surface area contributed by atoms with Crippen molar-refractivity contribution in [2.75, 3.05) is 0 Å². The van der Waals surface area contributed by atoms with E-state index in [9.17, 15) is 0 Å². The molecule has 0 amide bonds. The third-order valence-electron chi connectivity index (χ3n) is 4.86. The highest BCUT2D eigenvalue weighted by Gasteiger charge is 2.42. The van der Waals surface area contributed by atoms with Gasteiger partial charge in [-0.3, -0.25) is 0 Å². The lowest BCUT2D eigenvalue weighted by atomic mass is 9.63. The second kappa shape index (κ2) is 4.84. The molecule has 0 aromatic rings. The Hall–Kier alpha value is -0.780. The summed E-state index contributed by atoms with van der Waals surface area (Å²) in [7, 11) is 0. The predicted octanol–water partition coefficient (Wildman–Crippen LogP) is 5.43. The maximum Gasteiger partial charge on any atom is 0.0160 e. The van der Waals surface area contributed by atoms with Gasteiger partial charge in [0, 0.05) is 5.41 Å². The highest BCUT2D eigenvalue weighted by Crippen LogP contribution is 2.54. The Morgan fingerprint density at radius 1 is 1.12 bits per heavy atom. The van der Waals surface area contributed by atoms with Gasteiger partial charge >= 0.3 is 0 Å². The van der Waals surface area contributed by atoms with Crippen molar-refractivity contribution in [2.45, 2.75) is 59.8 Å². The summed E-state index contributed by atoms with van der Waals surface area (Å²) in [5.41, 5.74) is 5.40. The summed E-state index contributed by atoms with van der Waals surface area (Å²) in [6.07, 6.45) is 13.6. The summed E-state index contributed by atoms with van der Waals surface area (Å²) >= 11 is 0. The van der Waals surface area contributed by atoms with Gasteiger partial charge < -0.3 is 0 Å². The first kappa shape index (κ1) is 12.7. The van der Waals surface area contributed by atoms with Gasteiger partial charge in [0.15, 0.2) is 0 Å². The van der Waals surface area contributed by atoms with E-state index in [2.05, 4.69) is 45.9 Å². The summed E-state index contributed by atoms with van der Waals surface area (Å²) in [5, 5.41) is 0. The van der Waals surface area contributed by atoms with Crippen LogP contribution in [-0.2, 0) is 0 Å². The second-order valence-corrected chi connectivity index (χ2v) is 5.35. The van der Waals surface area contributed by atoms with Crippen molar-refractivity contribution < 1.29 is 0 Å². The molecule has 0 spiro atoms. The minimum atomic E-state index is 0.374. The Morgan fingerprint density at radius 3 is 2.41 bits per heavy atom. The summed E-state index contributed by atoms with van der Waals surface area (Å²) in [6.45, 7) is 9.31. The Kier molecular flexibility index (Phi) is 3.61. The number of rotatable bonds is 4. The molecule has 0 aromatic carbocycles. The van der Waals surface area contributed by atoms with Gasteiger partial charge in [-0.15, -0.1) is 0 Å². The van der Waals surface area contributed by atoms with Crippen molar-refractivity contribution in [1.29, 1.82) is 0 Å². The van der Waals surface area contributed by atoms with Gasteiger partial charge in [0.1, 0.15) is 0 Å². The van der Waals surface area contributed by atoms with Crippen molar-refractivity contribution in [3.63, 3.8) is 0 Å². The van der Waals surface area contributed by atoms with Crippen LogP contribution in [0.15, 0.2) is 34.9 Å². The van der Waals surface area contributed by atoms with Gasteiger partial charge in [0.25, 0.3) is 0 Å². The molecule has 2 aliphatic rings. The molecule has 0 heterocycles. The van der Waals surface area contributed by atoms with Gasteiger partial charge in [-0.25, -0.2) is 0 Å². The molecule has 0 fully saturated rings. The summed E-state index contributed by atoms with van der Waals surface area (Å²) in [6, 6.07) is 0. The van der Waals surface area contributed by atoms with Crippen molar-refractivity contribution in [1.82, 2.24) is 0 Å². The van der Waals surface area contributed by atoms with Crippen LogP contribution in [0.2, 0.25) is 0 Å². The van der Waals surface area contributed by atoms with Crippen LogP contribution >= 0.6 is 0 Å². The van der Waals surface area contributed by atoms with Crippen molar-refractivity contribution >= 4 is 0 Å². The molecule has 0 N–H and O–H groups in total. The Bertz CT molecular complexity index is 381. The topological polar surface area (TPSA) is 0 Å². The zero-order valence-electron chi connectivity index (χ0n) is 11.8. The molecule has 0 aromatic heterocycles. The van der Waals surface area contributed by atoms with Crippen LogP contribution in [0, 0.1) is 11.3 Å². The zero-order chi connectivity index (χ0) is 12.5. The maximum absolute atomic E-state index is 2.58. The standard InChI is InChI=1S/C17H26/c1-5-13-12-14-10-9-11-17(14,8-4)16(7-3)15(13)6-2/h9,11-12,14H,5-8,10H2,1-4H3. The van der Waals surface area contributed by atoms with Gasteiger partial charge in [-0.05, 0) is 49.2 Å². The zero-order valence-corrected chi connectivity index (χ0v) is 11.8. The van der Waals surface area contributed by atoms with Crippen molar-refractivity contribution in [2.24, 2.45) is 11.3 Å². The largest absolute Gasteiger partial charge is 0.0870 e. The third kappa shape index (κ3) is 1.73. The lowest BCUT2D eigenvalue weighted by Crippen LogP contribution is -2.30. The van der Waals surface area contributed by atoms with E-state index < -0.39 is 0 Å². The van der Waals surface area contributed by atoms with Gasteiger partial charge in [0.2, 0.25) is 0 Å². The molecule has 0 radical (unpaired) electrons. The summed E-state index contributed by atoms with van der Waals surface area (Å²) < 4.78 is 0. The van der Waals surface area contributed by atoms with E-state index in [1.54, 1.807) is 16.7 Å². The lowest BCUT2D eigenvalue weighted by molar-refractivity contribution is 0.328. The quantitative estimate of drug-likeness (QED) is 0.565. The molecule has 0 saturated heterocycles. The first-order chi connectivity index (χ1) is 8.23. The molecule has 2 atom stereocenters. The van der Waals surface area contributed by atoms with E-state index in [0.29, 0.717) is 5.41 Å². The number of allylic oxidation sites excluding steroid dienone is 6. The molecule has 0 heteroatoms. The lowest BCUT2D eigenvalue weighted by Gasteiger charge is -2.41. The smallest absolute Gasteiger partial charge is 0.0160 e. The summed E-state index contributed by atoms with van der Waals surface area (Å²) in [4.78, 5) is 0. The van der Waals surface area contributed by atoms with Crippen molar-refractivity contribution in [3.05, 3.63) is 34.9 Å². The minimum absolute atomic E-state index is 0.374. The molecule has 0 aliphatic heterocycles. The molecule has 0 bridgehead atoms. The average Bonchev–Trinajstić information content (AvgIpc) is 2.79. The molecular weight excluding hydrogens is 204 g/mol. The number of hydrogen-bond acceptors (Lipinski definition) is 0. The highest BCUT2D eigenvalue weighted by atomic mass is 14.5. The Morgan fingerprint density at radius 2 is 1.88 bits per heavy atom. The fraction of sp³-hybridized carbons (Fsp3) is 0.647. The van der Waals surface area contributed by atoms with E-state index in [-0.39, 0.29) is 0 Å². The van der Waals surface area contributed by atoms with E-state index in [0.717, 1.165) is 5.92 Å². The average molecular weight is 230 g/mol. The maximum atomic E-state index is 2.58. The van der Waals surface area contributed by atoms with Crippen LogP contribution in [0.25, 0.3) is 0 Å². The Balaban J connectivity index is 2.56. The second-order valence-electron chi connectivity index (χ2n) is 5.35. The predicted molar refractivity (Wildman–Crippen MR) is 76.0 cm³/mol. The molecule has 0 nitrogen and oxygen atoms in total. The van der Waals surface area contributed by atoms with Crippen LogP contribution in [0.3, 0.4) is 0 Å². The van der Waals surface area contributed by atoms with Crippen molar-refractivity contribution in [3.8, 4) is 0 Å². The molecule has 2 aliphatic carbocycles. The fourth-order valence-corrected chi connectivity index (χ4v) is 4.03. The number of fused-ring (bicyclic) bond motifs is 1. The highest BCUT2D eigenvalue weighted by molar-refractivity contribution is 5.47. The minimum Gasteiger partial charge on any atom is -0.0870 e. The first-order valence-corrected chi connectivity index (χ1v) is 7.34. The molecule has 0 saturated carbocycles. The van der Waals surface area contributed by atoms with E-state index in [4.69, 9.17) is 0 Å². The Labute approximate surface area is 106 Å². The van der Waals surface area contributed by atoms with Crippen LogP contribution in [0.1, 0.15) is 59.8 Å². The molecule has 94 valence electrons. The van der Waals surface area contributed by atoms with Crippen LogP contribution in [0.5, 0.6) is 0 Å².